The van der Waals surface area contributed by atoms with E-state index >= 15 is 0 Å². The van der Waals surface area contributed by atoms with E-state index in [0.717, 1.165) is 12.0 Å². The van der Waals surface area contributed by atoms with Crippen LogP contribution in [-0.4, -0.2) is 0 Å². The fourth-order valence-electron chi connectivity index (χ4n) is 0.527. The summed E-state index contributed by atoms with van der Waals surface area (Å²) in [6.07, 6.45) is 5.41. The Morgan fingerprint density at radius 2 is 1.73 bits per heavy atom. The molecule has 0 aromatic rings. The molecule has 0 spiro atoms. The smallest absolute Gasteiger partial charge is 0.0349 e. The minimum Gasteiger partial charge on any atom is -0.0958 e. The average Bonchev–Trinajstić information content (AvgIpc) is 1.99. The maximum absolute atomic E-state index is 3.86. The predicted octanol–water partition coefficient (Wildman–Crippen LogP) is 3.87. The van der Waals surface area contributed by atoms with Crippen molar-refractivity contribution in [3.05, 3.63) is 35.5 Å². The second kappa shape index (κ2) is 4.95. The van der Waals surface area contributed by atoms with Crippen LogP contribution in [-0.2, 0) is 0 Å². The zero-order valence-electron chi connectivity index (χ0n) is 8.07. The van der Waals surface area contributed by atoms with E-state index < -0.39 is 0 Å². The van der Waals surface area contributed by atoms with Gasteiger partial charge < -0.3 is 0 Å². The Labute approximate surface area is 70.3 Å². The van der Waals surface area contributed by atoms with Crippen molar-refractivity contribution >= 4 is 0 Å². The number of allylic oxidation sites excluding steroid dienone is 5. The third kappa shape index (κ3) is 4.60. The summed E-state index contributed by atoms with van der Waals surface area (Å²) >= 11 is 0. The van der Waals surface area contributed by atoms with Crippen LogP contribution in [0.2, 0.25) is 0 Å². The number of hydrogen-bond donors (Lipinski definition) is 0. The van der Waals surface area contributed by atoms with Crippen LogP contribution in [0, 0.1) is 0 Å². The van der Waals surface area contributed by atoms with Gasteiger partial charge >= 0.3 is 0 Å². The molecule has 0 aromatic heterocycles. The molecule has 0 bridgehead atoms. The van der Waals surface area contributed by atoms with Crippen LogP contribution in [0.4, 0.5) is 0 Å². The quantitative estimate of drug-likeness (QED) is 0.536. The lowest BCUT2D eigenvalue weighted by molar-refractivity contribution is 1.10. The van der Waals surface area contributed by atoms with Crippen LogP contribution >= 0.6 is 0 Å². The highest BCUT2D eigenvalue weighted by molar-refractivity contribution is 5.28. The van der Waals surface area contributed by atoms with Crippen molar-refractivity contribution in [3.63, 3.8) is 0 Å². The van der Waals surface area contributed by atoms with Gasteiger partial charge in [0, 0.05) is 0 Å². The first kappa shape index (κ1) is 10.2. The van der Waals surface area contributed by atoms with Gasteiger partial charge in [-0.2, -0.15) is 0 Å². The second-order valence-electron chi connectivity index (χ2n) is 3.00. The summed E-state index contributed by atoms with van der Waals surface area (Å²) in [6.45, 7) is 12.3. The normalized spacial score (nSPS) is 13.5. The van der Waals surface area contributed by atoms with E-state index in [4.69, 9.17) is 0 Å². The van der Waals surface area contributed by atoms with Crippen molar-refractivity contribution in [1.82, 2.24) is 0 Å². The van der Waals surface area contributed by atoms with Gasteiger partial charge in [0.1, 0.15) is 0 Å². The van der Waals surface area contributed by atoms with Gasteiger partial charge in [0.2, 0.25) is 0 Å². The molecule has 0 aromatic carbocycles. The van der Waals surface area contributed by atoms with Gasteiger partial charge in [-0.15, -0.1) is 0 Å². The second-order valence-corrected chi connectivity index (χ2v) is 3.00. The number of rotatable bonds is 3. The van der Waals surface area contributed by atoms with Gasteiger partial charge in [-0.3, -0.25) is 0 Å². The fourth-order valence-corrected chi connectivity index (χ4v) is 0.527. The minimum absolute atomic E-state index is 1.12. The lowest BCUT2D eigenvalue weighted by Crippen LogP contribution is -1.75. The fraction of sp³-hybridized carbons (Fsp3) is 0.455. The molecule has 0 atom stereocenters. The maximum Gasteiger partial charge on any atom is -0.0349 e. The van der Waals surface area contributed by atoms with Crippen LogP contribution < -0.4 is 0 Å². The maximum atomic E-state index is 3.86. The van der Waals surface area contributed by atoms with E-state index in [0.29, 0.717) is 0 Å². The van der Waals surface area contributed by atoms with Crippen molar-refractivity contribution < 1.29 is 0 Å². The largest absolute Gasteiger partial charge is 0.0958 e. The molecule has 0 saturated heterocycles. The molecule has 0 fully saturated rings. The molecular formula is C11H18. The first-order chi connectivity index (χ1) is 5.07. The van der Waals surface area contributed by atoms with E-state index in [1.807, 2.05) is 6.92 Å². The predicted molar refractivity (Wildman–Crippen MR) is 52.6 cm³/mol. The Hall–Kier alpha value is -0.780. The summed E-state index contributed by atoms with van der Waals surface area (Å²) in [6, 6.07) is 0. The lowest BCUT2D eigenvalue weighted by Gasteiger charge is -1.96. The highest BCUT2D eigenvalue weighted by atomic mass is 13.9. The molecule has 0 saturated carbocycles. The molecule has 0 heterocycles. The van der Waals surface area contributed by atoms with Gasteiger partial charge in [0.05, 0.1) is 0 Å². The van der Waals surface area contributed by atoms with Crippen LogP contribution in [0.3, 0.4) is 0 Å². The summed E-state index contributed by atoms with van der Waals surface area (Å²) in [5.41, 5.74) is 3.81. The SMILES string of the molecule is C=C(C)/C(C)=C/C=C(\C)CC. The van der Waals surface area contributed by atoms with E-state index in [1.54, 1.807) is 0 Å². The monoisotopic (exact) mass is 150 g/mol. The van der Waals surface area contributed by atoms with Crippen molar-refractivity contribution in [3.8, 4) is 0 Å². The van der Waals surface area contributed by atoms with Gasteiger partial charge in [0.25, 0.3) is 0 Å². The summed E-state index contributed by atoms with van der Waals surface area (Å²) in [5, 5.41) is 0. The van der Waals surface area contributed by atoms with Crippen LogP contribution in [0.15, 0.2) is 35.5 Å². The van der Waals surface area contributed by atoms with Gasteiger partial charge in [0.15, 0.2) is 0 Å². The summed E-state index contributed by atoms with van der Waals surface area (Å²) in [5.74, 6) is 0. The molecule has 0 unspecified atom stereocenters. The van der Waals surface area contributed by atoms with Crippen LogP contribution in [0.5, 0.6) is 0 Å². The Morgan fingerprint density at radius 1 is 1.18 bits per heavy atom. The molecule has 0 N–H and O–H groups in total. The highest BCUT2D eigenvalue weighted by Gasteiger charge is 1.86. The highest BCUT2D eigenvalue weighted by Crippen LogP contribution is 2.06. The molecule has 0 heteroatoms. The Kier molecular flexibility index (Phi) is 4.60. The molecule has 0 rings (SSSR count). The molecular weight excluding hydrogens is 132 g/mol. The van der Waals surface area contributed by atoms with E-state index in [-0.39, 0.29) is 0 Å². The molecule has 0 nitrogen and oxygen atoms in total. The van der Waals surface area contributed by atoms with Gasteiger partial charge in [-0.1, -0.05) is 36.8 Å². The van der Waals surface area contributed by atoms with E-state index in [9.17, 15) is 0 Å². The summed E-state index contributed by atoms with van der Waals surface area (Å²) < 4.78 is 0. The molecule has 0 radical (unpaired) electrons. The van der Waals surface area contributed by atoms with Gasteiger partial charge in [-0.05, 0) is 32.8 Å². The molecule has 0 aliphatic heterocycles. The Balaban J connectivity index is 4.22. The van der Waals surface area contributed by atoms with Crippen LogP contribution in [0.1, 0.15) is 34.1 Å². The first-order valence-electron chi connectivity index (χ1n) is 4.07. The van der Waals surface area contributed by atoms with Gasteiger partial charge in [-0.25, -0.2) is 0 Å². The summed E-state index contributed by atoms with van der Waals surface area (Å²) in [7, 11) is 0. The van der Waals surface area contributed by atoms with E-state index in [2.05, 4.69) is 39.5 Å². The zero-order chi connectivity index (χ0) is 8.85. The number of hydrogen-bond acceptors (Lipinski definition) is 0. The molecule has 62 valence electrons. The molecule has 11 heavy (non-hydrogen) atoms. The molecule has 0 aliphatic carbocycles. The summed E-state index contributed by atoms with van der Waals surface area (Å²) in [4.78, 5) is 0. The van der Waals surface area contributed by atoms with E-state index in [1.165, 1.54) is 11.1 Å². The third-order valence-corrected chi connectivity index (χ3v) is 1.85. The third-order valence-electron chi connectivity index (χ3n) is 1.85. The zero-order valence-corrected chi connectivity index (χ0v) is 8.07. The average molecular weight is 150 g/mol. The molecule has 0 aliphatic rings. The Morgan fingerprint density at radius 3 is 2.09 bits per heavy atom. The standard InChI is InChI=1S/C11H18/c1-6-10(4)7-8-11(5)9(2)3/h7-8H,2,6H2,1,3-5H3/b10-7+,11-8+. The Bertz CT molecular complexity index is 192. The van der Waals surface area contributed by atoms with Crippen molar-refractivity contribution in [2.24, 2.45) is 0 Å². The van der Waals surface area contributed by atoms with Crippen molar-refractivity contribution in [1.29, 1.82) is 0 Å². The lowest BCUT2D eigenvalue weighted by atomic mass is 10.1. The van der Waals surface area contributed by atoms with Crippen LogP contribution in [0.25, 0.3) is 0 Å². The molecule has 0 amide bonds. The van der Waals surface area contributed by atoms with Crippen molar-refractivity contribution in [2.45, 2.75) is 34.1 Å². The topological polar surface area (TPSA) is 0 Å². The minimum atomic E-state index is 1.12. The van der Waals surface area contributed by atoms with Crippen molar-refractivity contribution in [2.75, 3.05) is 0 Å². The first-order valence-corrected chi connectivity index (χ1v) is 4.07.